The van der Waals surface area contributed by atoms with E-state index < -0.39 is 0 Å². The van der Waals surface area contributed by atoms with E-state index in [0.29, 0.717) is 10.7 Å². The number of carbonyl (C=O) groups is 1. The lowest BCUT2D eigenvalue weighted by Crippen LogP contribution is -2.31. The Morgan fingerprint density at radius 1 is 1.17 bits per heavy atom. The van der Waals surface area contributed by atoms with Gasteiger partial charge in [-0.15, -0.1) is 0 Å². The molecule has 0 radical (unpaired) electrons. The van der Waals surface area contributed by atoms with Crippen molar-refractivity contribution >= 4 is 29.0 Å². The van der Waals surface area contributed by atoms with Gasteiger partial charge in [0.25, 0.3) is 0 Å². The fraction of sp³-hybridized carbons (Fsp3) is 0.263. The number of aryl methyl sites for hydroxylation is 2. The summed E-state index contributed by atoms with van der Waals surface area (Å²) in [5.74, 6) is -0.374. The number of rotatable bonds is 4. The maximum atomic E-state index is 11.6. The molecule has 2 aromatic rings. The Balaban J connectivity index is 2.04. The first-order chi connectivity index (χ1) is 11.4. The van der Waals surface area contributed by atoms with Crippen molar-refractivity contribution in [3.05, 3.63) is 64.7 Å². The Kier molecular flexibility index (Phi) is 5.93. The standard InChI is InChI=1S/C19H22N2O2S/c1-12-8-9-17(13(2)10-12)14(3)20-19(24)21-16-7-5-6-15(11-16)18(22)23-4/h5-11,14H,1-4H3,(H2,20,21,24)/t14-/m0/s1. The Morgan fingerprint density at radius 2 is 1.92 bits per heavy atom. The van der Waals surface area contributed by atoms with Crippen molar-refractivity contribution in [3.8, 4) is 0 Å². The molecule has 0 amide bonds. The number of hydrogen-bond donors (Lipinski definition) is 2. The summed E-state index contributed by atoms with van der Waals surface area (Å²) in [4.78, 5) is 11.6. The third-order valence-corrected chi connectivity index (χ3v) is 4.00. The fourth-order valence-corrected chi connectivity index (χ4v) is 2.89. The van der Waals surface area contributed by atoms with Gasteiger partial charge < -0.3 is 15.4 Å². The van der Waals surface area contributed by atoms with Gasteiger partial charge in [0, 0.05) is 5.69 Å². The number of hydrogen-bond acceptors (Lipinski definition) is 3. The number of methoxy groups -OCH3 is 1. The Bertz CT molecular complexity index is 759. The molecule has 0 aromatic heterocycles. The maximum absolute atomic E-state index is 11.6. The van der Waals surface area contributed by atoms with Gasteiger partial charge in [-0.3, -0.25) is 0 Å². The molecule has 0 aliphatic carbocycles. The minimum atomic E-state index is -0.374. The largest absolute Gasteiger partial charge is 0.465 e. The molecule has 126 valence electrons. The Hall–Kier alpha value is -2.40. The molecule has 0 fully saturated rings. The van der Waals surface area contributed by atoms with Gasteiger partial charge in [0.1, 0.15) is 0 Å². The average molecular weight is 342 g/mol. The van der Waals surface area contributed by atoms with Crippen LogP contribution in [0.2, 0.25) is 0 Å². The zero-order valence-corrected chi connectivity index (χ0v) is 15.2. The van der Waals surface area contributed by atoms with Crippen molar-refractivity contribution < 1.29 is 9.53 Å². The predicted molar refractivity (Wildman–Crippen MR) is 101 cm³/mol. The number of benzene rings is 2. The molecule has 0 saturated heterocycles. The number of ether oxygens (including phenoxy) is 1. The van der Waals surface area contributed by atoms with Crippen LogP contribution in [0.5, 0.6) is 0 Å². The molecule has 2 N–H and O–H groups in total. The quantitative estimate of drug-likeness (QED) is 0.646. The number of esters is 1. The van der Waals surface area contributed by atoms with Crippen LogP contribution in [-0.2, 0) is 4.74 Å². The van der Waals surface area contributed by atoms with Crippen LogP contribution in [0.1, 0.15) is 40.0 Å². The molecule has 5 heteroatoms. The first-order valence-electron chi connectivity index (χ1n) is 7.73. The van der Waals surface area contributed by atoms with Crippen molar-refractivity contribution in [1.82, 2.24) is 5.32 Å². The van der Waals surface area contributed by atoms with E-state index in [1.807, 2.05) is 6.07 Å². The van der Waals surface area contributed by atoms with Crippen LogP contribution in [-0.4, -0.2) is 18.2 Å². The molecule has 0 aliphatic rings. The van der Waals surface area contributed by atoms with Crippen LogP contribution < -0.4 is 10.6 Å². The summed E-state index contributed by atoms with van der Waals surface area (Å²) >= 11 is 5.38. The summed E-state index contributed by atoms with van der Waals surface area (Å²) in [6.45, 7) is 6.24. The highest BCUT2D eigenvalue weighted by atomic mass is 32.1. The normalized spacial score (nSPS) is 11.5. The number of carbonyl (C=O) groups excluding carboxylic acids is 1. The van der Waals surface area contributed by atoms with Crippen LogP contribution in [0.25, 0.3) is 0 Å². The third kappa shape index (κ3) is 4.55. The van der Waals surface area contributed by atoms with E-state index in [0.717, 1.165) is 5.69 Å². The van der Waals surface area contributed by atoms with Crippen LogP contribution >= 0.6 is 12.2 Å². The van der Waals surface area contributed by atoms with Gasteiger partial charge in [-0.1, -0.05) is 29.8 Å². The molecule has 0 bridgehead atoms. The molecule has 2 aromatic carbocycles. The van der Waals surface area contributed by atoms with E-state index in [2.05, 4.69) is 49.6 Å². The van der Waals surface area contributed by atoms with Crippen LogP contribution in [0.3, 0.4) is 0 Å². The van der Waals surface area contributed by atoms with Gasteiger partial charge in [0.15, 0.2) is 5.11 Å². The molecule has 4 nitrogen and oxygen atoms in total. The van der Waals surface area contributed by atoms with E-state index in [9.17, 15) is 4.79 Å². The highest BCUT2D eigenvalue weighted by Gasteiger charge is 2.11. The van der Waals surface area contributed by atoms with E-state index in [1.54, 1.807) is 18.2 Å². The zero-order chi connectivity index (χ0) is 17.7. The first kappa shape index (κ1) is 17.9. The topological polar surface area (TPSA) is 50.4 Å². The molecule has 0 aliphatic heterocycles. The highest BCUT2D eigenvalue weighted by Crippen LogP contribution is 2.19. The highest BCUT2D eigenvalue weighted by molar-refractivity contribution is 7.80. The van der Waals surface area contributed by atoms with Crippen molar-refractivity contribution in [2.75, 3.05) is 12.4 Å². The lowest BCUT2D eigenvalue weighted by Gasteiger charge is -2.19. The lowest BCUT2D eigenvalue weighted by molar-refractivity contribution is 0.0601. The smallest absolute Gasteiger partial charge is 0.337 e. The summed E-state index contributed by atoms with van der Waals surface area (Å²) in [7, 11) is 1.36. The van der Waals surface area contributed by atoms with Gasteiger partial charge in [-0.05, 0) is 62.3 Å². The van der Waals surface area contributed by atoms with Crippen molar-refractivity contribution in [2.45, 2.75) is 26.8 Å². The molecule has 2 rings (SSSR count). The van der Waals surface area contributed by atoms with E-state index in [-0.39, 0.29) is 12.0 Å². The summed E-state index contributed by atoms with van der Waals surface area (Å²) < 4.78 is 4.73. The number of nitrogens with one attached hydrogen (secondary N) is 2. The fourth-order valence-electron chi connectivity index (χ4n) is 2.59. The van der Waals surface area contributed by atoms with Crippen molar-refractivity contribution in [1.29, 1.82) is 0 Å². The van der Waals surface area contributed by atoms with Crippen LogP contribution in [0, 0.1) is 13.8 Å². The minimum absolute atomic E-state index is 0.0781. The average Bonchev–Trinajstić information content (AvgIpc) is 2.53. The van der Waals surface area contributed by atoms with E-state index in [4.69, 9.17) is 17.0 Å². The Labute approximate surface area is 148 Å². The molecule has 1 atom stereocenters. The van der Waals surface area contributed by atoms with Gasteiger partial charge >= 0.3 is 5.97 Å². The maximum Gasteiger partial charge on any atom is 0.337 e. The third-order valence-electron chi connectivity index (χ3n) is 3.78. The molecule has 0 spiro atoms. The SMILES string of the molecule is COC(=O)c1cccc(NC(=S)N[C@@H](C)c2ccc(C)cc2C)c1. The summed E-state index contributed by atoms with van der Waals surface area (Å²) in [6, 6.07) is 13.5. The molecule has 0 unspecified atom stereocenters. The van der Waals surface area contributed by atoms with Crippen molar-refractivity contribution in [3.63, 3.8) is 0 Å². The molecule has 24 heavy (non-hydrogen) atoms. The molecule has 0 heterocycles. The molecule has 0 saturated carbocycles. The van der Waals surface area contributed by atoms with Crippen LogP contribution in [0.15, 0.2) is 42.5 Å². The van der Waals surface area contributed by atoms with Gasteiger partial charge in [0.2, 0.25) is 0 Å². The Morgan fingerprint density at radius 3 is 2.58 bits per heavy atom. The first-order valence-corrected chi connectivity index (χ1v) is 8.14. The second-order valence-electron chi connectivity index (χ2n) is 5.75. The zero-order valence-electron chi connectivity index (χ0n) is 14.3. The number of thiocarbonyl (C=S) groups is 1. The monoisotopic (exact) mass is 342 g/mol. The van der Waals surface area contributed by atoms with Crippen molar-refractivity contribution in [2.24, 2.45) is 0 Å². The van der Waals surface area contributed by atoms with Gasteiger partial charge in [-0.2, -0.15) is 0 Å². The van der Waals surface area contributed by atoms with E-state index in [1.165, 1.54) is 23.8 Å². The van der Waals surface area contributed by atoms with Gasteiger partial charge in [0.05, 0.1) is 18.7 Å². The minimum Gasteiger partial charge on any atom is -0.465 e. The summed E-state index contributed by atoms with van der Waals surface area (Å²) in [6.07, 6.45) is 0. The molecular weight excluding hydrogens is 320 g/mol. The predicted octanol–water partition coefficient (Wildman–Crippen LogP) is 4.14. The lowest BCUT2D eigenvalue weighted by atomic mass is 10.0. The van der Waals surface area contributed by atoms with Crippen LogP contribution in [0.4, 0.5) is 5.69 Å². The summed E-state index contributed by atoms with van der Waals surface area (Å²) in [5, 5.41) is 6.88. The second kappa shape index (κ2) is 7.93. The summed E-state index contributed by atoms with van der Waals surface area (Å²) in [5.41, 5.74) is 4.89. The number of anilines is 1. The van der Waals surface area contributed by atoms with Gasteiger partial charge in [-0.25, -0.2) is 4.79 Å². The second-order valence-corrected chi connectivity index (χ2v) is 6.16. The van der Waals surface area contributed by atoms with E-state index >= 15 is 0 Å². The molecular formula is C19H22N2O2S.